The van der Waals surface area contributed by atoms with Crippen LogP contribution in [0.25, 0.3) is 0 Å². The molecule has 0 N–H and O–H groups in total. The molecule has 0 aliphatic heterocycles. The molecule has 2 aliphatic carbocycles. The summed E-state index contributed by atoms with van der Waals surface area (Å²) in [5.74, 6) is 0. The predicted octanol–water partition coefficient (Wildman–Crippen LogP) is 6.13. The van der Waals surface area contributed by atoms with Crippen molar-refractivity contribution >= 4 is 0 Å². The minimum Gasteiger partial charge on any atom is -0.0582 e. The minimum atomic E-state index is 0.449. The van der Waals surface area contributed by atoms with E-state index in [0.717, 1.165) is 0 Å². The van der Waals surface area contributed by atoms with Crippen molar-refractivity contribution in [2.24, 2.45) is 0 Å². The van der Waals surface area contributed by atoms with Crippen LogP contribution in [0.15, 0.2) is 24.3 Å². The van der Waals surface area contributed by atoms with Gasteiger partial charge in [0.2, 0.25) is 0 Å². The Labute approximate surface area is 125 Å². The van der Waals surface area contributed by atoms with Crippen LogP contribution in [0.2, 0.25) is 0 Å². The van der Waals surface area contributed by atoms with Crippen LogP contribution in [-0.2, 0) is 10.8 Å². The van der Waals surface area contributed by atoms with Gasteiger partial charge in [-0.3, -0.25) is 0 Å². The summed E-state index contributed by atoms with van der Waals surface area (Å²) < 4.78 is 0. The van der Waals surface area contributed by atoms with Crippen LogP contribution in [-0.4, -0.2) is 0 Å². The van der Waals surface area contributed by atoms with E-state index in [1.165, 1.54) is 64.2 Å². The summed E-state index contributed by atoms with van der Waals surface area (Å²) in [5.41, 5.74) is 4.06. The monoisotopic (exact) mass is 270 g/mol. The third kappa shape index (κ3) is 2.67. The second-order valence-electron chi connectivity index (χ2n) is 7.82. The van der Waals surface area contributed by atoms with Gasteiger partial charge in [0.05, 0.1) is 0 Å². The summed E-state index contributed by atoms with van der Waals surface area (Å²) in [6.45, 7) is 4.95. The van der Waals surface area contributed by atoms with Crippen LogP contribution in [0.3, 0.4) is 0 Å². The van der Waals surface area contributed by atoms with E-state index in [1.54, 1.807) is 11.1 Å². The summed E-state index contributed by atoms with van der Waals surface area (Å²) in [7, 11) is 0. The second-order valence-corrected chi connectivity index (χ2v) is 7.82. The van der Waals surface area contributed by atoms with Gasteiger partial charge in [0.1, 0.15) is 0 Å². The molecular formula is C20H30. The lowest BCUT2D eigenvalue weighted by Gasteiger charge is -2.36. The molecule has 0 radical (unpaired) electrons. The van der Waals surface area contributed by atoms with Crippen molar-refractivity contribution in [3.05, 3.63) is 35.4 Å². The van der Waals surface area contributed by atoms with Gasteiger partial charge in [-0.15, -0.1) is 0 Å². The minimum absolute atomic E-state index is 0.449. The van der Waals surface area contributed by atoms with Crippen molar-refractivity contribution in [1.29, 1.82) is 0 Å². The molecule has 110 valence electrons. The molecule has 2 fully saturated rings. The first-order chi connectivity index (χ1) is 9.62. The van der Waals surface area contributed by atoms with Crippen molar-refractivity contribution in [2.75, 3.05) is 0 Å². The number of benzene rings is 1. The lowest BCUT2D eigenvalue weighted by atomic mass is 9.68. The molecule has 20 heavy (non-hydrogen) atoms. The lowest BCUT2D eigenvalue weighted by Crippen LogP contribution is -2.27. The summed E-state index contributed by atoms with van der Waals surface area (Å²) in [6, 6.07) is 9.78. The van der Waals surface area contributed by atoms with Crippen molar-refractivity contribution in [1.82, 2.24) is 0 Å². The van der Waals surface area contributed by atoms with E-state index in [2.05, 4.69) is 38.1 Å². The van der Waals surface area contributed by atoms with Crippen molar-refractivity contribution in [3.8, 4) is 0 Å². The molecule has 0 aromatic heterocycles. The maximum atomic E-state index is 2.48. The van der Waals surface area contributed by atoms with Crippen LogP contribution >= 0.6 is 0 Å². The summed E-state index contributed by atoms with van der Waals surface area (Å²) in [4.78, 5) is 0. The lowest BCUT2D eigenvalue weighted by molar-refractivity contribution is 0.314. The average Bonchev–Trinajstić information content (AvgIpc) is 2.49. The number of hydrogen-bond donors (Lipinski definition) is 0. The topological polar surface area (TPSA) is 0 Å². The second kappa shape index (κ2) is 5.54. The van der Waals surface area contributed by atoms with Gasteiger partial charge in [-0.05, 0) is 47.6 Å². The summed E-state index contributed by atoms with van der Waals surface area (Å²) >= 11 is 0. The maximum absolute atomic E-state index is 2.48. The Morgan fingerprint density at radius 2 is 0.850 bits per heavy atom. The summed E-state index contributed by atoms with van der Waals surface area (Å²) in [5, 5.41) is 0. The van der Waals surface area contributed by atoms with Gasteiger partial charge in [-0.25, -0.2) is 0 Å². The highest BCUT2D eigenvalue weighted by Gasteiger charge is 2.31. The molecule has 1 aromatic rings. The van der Waals surface area contributed by atoms with E-state index in [4.69, 9.17) is 0 Å². The Balaban J connectivity index is 1.80. The van der Waals surface area contributed by atoms with Crippen molar-refractivity contribution in [2.45, 2.75) is 88.9 Å². The van der Waals surface area contributed by atoms with E-state index < -0.39 is 0 Å². The predicted molar refractivity (Wildman–Crippen MR) is 87.3 cm³/mol. The average molecular weight is 270 g/mol. The maximum Gasteiger partial charge on any atom is -0.00752 e. The zero-order valence-corrected chi connectivity index (χ0v) is 13.4. The first kappa shape index (κ1) is 14.2. The normalized spacial score (nSPS) is 25.3. The fourth-order valence-electron chi connectivity index (χ4n) is 4.52. The van der Waals surface area contributed by atoms with Gasteiger partial charge in [0.15, 0.2) is 0 Å². The summed E-state index contributed by atoms with van der Waals surface area (Å²) in [6.07, 6.45) is 14.0. The van der Waals surface area contributed by atoms with Crippen LogP contribution in [0.4, 0.5) is 0 Å². The SMILES string of the molecule is CC1(c2ccc(C3(C)CCCCC3)cc2)CCCCC1. The highest BCUT2D eigenvalue weighted by atomic mass is 14.4. The Bertz CT molecular complexity index is 385. The van der Waals surface area contributed by atoms with E-state index >= 15 is 0 Å². The van der Waals surface area contributed by atoms with E-state index in [-0.39, 0.29) is 0 Å². The molecule has 1 aromatic carbocycles. The molecule has 0 nitrogen and oxygen atoms in total. The molecule has 3 rings (SSSR count). The zero-order valence-electron chi connectivity index (χ0n) is 13.4. The Morgan fingerprint density at radius 3 is 1.15 bits per heavy atom. The number of hydrogen-bond acceptors (Lipinski definition) is 0. The number of rotatable bonds is 2. The first-order valence-corrected chi connectivity index (χ1v) is 8.74. The molecule has 0 saturated heterocycles. The first-order valence-electron chi connectivity index (χ1n) is 8.74. The quantitative estimate of drug-likeness (QED) is 0.606. The zero-order chi connectivity index (χ0) is 14.1. The fourth-order valence-corrected chi connectivity index (χ4v) is 4.52. The van der Waals surface area contributed by atoms with Gasteiger partial charge in [0, 0.05) is 0 Å². The molecular weight excluding hydrogens is 240 g/mol. The molecule has 0 bridgehead atoms. The van der Waals surface area contributed by atoms with Gasteiger partial charge in [0.25, 0.3) is 0 Å². The molecule has 0 amide bonds. The highest BCUT2D eigenvalue weighted by Crippen LogP contribution is 2.42. The van der Waals surface area contributed by atoms with Gasteiger partial charge in [-0.1, -0.05) is 76.6 Å². The van der Waals surface area contributed by atoms with Crippen molar-refractivity contribution < 1.29 is 0 Å². The fraction of sp³-hybridized carbons (Fsp3) is 0.700. The third-order valence-corrected chi connectivity index (χ3v) is 6.19. The van der Waals surface area contributed by atoms with Crippen LogP contribution in [0.1, 0.15) is 89.2 Å². The largest absolute Gasteiger partial charge is 0.0582 e. The molecule has 0 unspecified atom stereocenters. The van der Waals surface area contributed by atoms with E-state index in [1.807, 2.05) is 0 Å². The van der Waals surface area contributed by atoms with Gasteiger partial charge in [-0.2, -0.15) is 0 Å². The smallest absolute Gasteiger partial charge is 0.00752 e. The standard InChI is InChI=1S/C20H30/c1-19(13-5-3-6-14-19)17-9-11-18(12-10-17)20(2)15-7-4-8-16-20/h9-12H,3-8,13-16H2,1-2H3. The molecule has 0 heterocycles. The van der Waals surface area contributed by atoms with Crippen LogP contribution < -0.4 is 0 Å². The van der Waals surface area contributed by atoms with Gasteiger partial charge >= 0.3 is 0 Å². The molecule has 0 atom stereocenters. The third-order valence-electron chi connectivity index (χ3n) is 6.19. The van der Waals surface area contributed by atoms with Crippen LogP contribution in [0.5, 0.6) is 0 Å². The van der Waals surface area contributed by atoms with Crippen molar-refractivity contribution in [3.63, 3.8) is 0 Å². The molecule has 2 saturated carbocycles. The molecule has 0 spiro atoms. The van der Waals surface area contributed by atoms with E-state index in [0.29, 0.717) is 10.8 Å². The Morgan fingerprint density at radius 1 is 0.550 bits per heavy atom. The van der Waals surface area contributed by atoms with Gasteiger partial charge < -0.3 is 0 Å². The Kier molecular flexibility index (Phi) is 3.93. The highest BCUT2D eigenvalue weighted by molar-refractivity contribution is 5.33. The van der Waals surface area contributed by atoms with Crippen LogP contribution in [0, 0.1) is 0 Å². The molecule has 0 heteroatoms. The van der Waals surface area contributed by atoms with E-state index in [9.17, 15) is 0 Å². The Hall–Kier alpha value is -0.780. The molecule has 2 aliphatic rings.